The van der Waals surface area contributed by atoms with E-state index in [9.17, 15) is 0 Å². The molecule has 0 aromatic carbocycles. The summed E-state index contributed by atoms with van der Waals surface area (Å²) >= 11 is 4.52. The maximum absolute atomic E-state index is 6.36. The molecule has 2 unspecified atom stereocenters. The maximum atomic E-state index is 6.36. The van der Waals surface area contributed by atoms with Crippen LogP contribution in [0.3, 0.4) is 0 Å². The van der Waals surface area contributed by atoms with Crippen LogP contribution < -0.4 is 0 Å². The first-order valence-electron chi connectivity index (χ1n) is 23.7. The minimum absolute atomic E-state index is 0.597. The predicted octanol–water partition coefficient (Wildman–Crippen LogP) is 15.9. The molecule has 0 spiro atoms. The van der Waals surface area contributed by atoms with Crippen LogP contribution in [0.5, 0.6) is 0 Å². The van der Waals surface area contributed by atoms with Gasteiger partial charge in [-0.05, 0) is 43.4 Å². The summed E-state index contributed by atoms with van der Waals surface area (Å²) in [6.45, 7) is 10.7. The fourth-order valence-electron chi connectivity index (χ4n) is 7.18. The minimum Gasteiger partial charge on any atom is -0.397 e. The van der Waals surface area contributed by atoms with Gasteiger partial charge >= 0.3 is 9.28 Å². The van der Waals surface area contributed by atoms with Gasteiger partial charge in [-0.15, -0.1) is 0 Å². The SMILES string of the molecule is CCCCCCCCCCCCCCCCO[SiH](CC(C)CS)OCCCCCCCCCCCCCCOCCCCCCCCCCCC. The average Bonchev–Trinajstić information content (AvgIpc) is 3.14. The molecule has 308 valence electrons. The third kappa shape index (κ3) is 44.7. The molecule has 0 aliphatic carbocycles. The second-order valence-electron chi connectivity index (χ2n) is 16.3. The Hall–Kier alpha value is 0.447. The first-order chi connectivity index (χ1) is 25.2. The van der Waals surface area contributed by atoms with Crippen molar-refractivity contribution in [2.45, 2.75) is 258 Å². The van der Waals surface area contributed by atoms with Gasteiger partial charge in [0.2, 0.25) is 0 Å². The van der Waals surface area contributed by atoms with Crippen LogP contribution in [-0.2, 0) is 13.6 Å². The molecule has 0 aliphatic heterocycles. The zero-order valence-electron chi connectivity index (χ0n) is 35.5. The number of hydrogen-bond acceptors (Lipinski definition) is 4. The lowest BCUT2D eigenvalue weighted by molar-refractivity contribution is 0.125. The lowest BCUT2D eigenvalue weighted by Crippen LogP contribution is -2.27. The van der Waals surface area contributed by atoms with Crippen LogP contribution in [-0.4, -0.2) is 41.5 Å². The number of thiol groups is 1. The molecular weight excluding hydrogens is 661 g/mol. The highest BCUT2D eigenvalue weighted by atomic mass is 32.1. The first-order valence-corrected chi connectivity index (χ1v) is 26.1. The Morgan fingerprint density at radius 3 is 0.843 bits per heavy atom. The van der Waals surface area contributed by atoms with E-state index in [0.717, 1.165) is 38.2 Å². The Bertz CT molecular complexity index is 609. The Kier molecular flexibility index (Phi) is 47.0. The summed E-state index contributed by atoms with van der Waals surface area (Å²) in [4.78, 5) is 0. The van der Waals surface area contributed by atoms with E-state index in [-0.39, 0.29) is 0 Å². The molecule has 0 N–H and O–H groups in total. The van der Waals surface area contributed by atoms with Gasteiger partial charge in [-0.3, -0.25) is 0 Å². The van der Waals surface area contributed by atoms with Crippen LogP contribution in [0.2, 0.25) is 6.04 Å². The molecule has 0 aliphatic rings. The molecule has 0 fully saturated rings. The van der Waals surface area contributed by atoms with Crippen LogP contribution in [0, 0.1) is 5.92 Å². The fraction of sp³-hybridized carbons (Fsp3) is 1.00. The Morgan fingerprint density at radius 2 is 0.588 bits per heavy atom. The van der Waals surface area contributed by atoms with E-state index in [0.29, 0.717) is 5.92 Å². The van der Waals surface area contributed by atoms with Crippen molar-refractivity contribution in [3.8, 4) is 0 Å². The largest absolute Gasteiger partial charge is 0.397 e. The van der Waals surface area contributed by atoms with Crippen molar-refractivity contribution < 1.29 is 13.6 Å². The lowest BCUT2D eigenvalue weighted by Gasteiger charge is -2.19. The lowest BCUT2D eigenvalue weighted by atomic mass is 10.0. The summed E-state index contributed by atoms with van der Waals surface area (Å²) in [5, 5.41) is 0. The van der Waals surface area contributed by atoms with Crippen LogP contribution >= 0.6 is 12.6 Å². The number of unbranched alkanes of at least 4 members (excludes halogenated alkanes) is 33. The normalized spacial score (nSPS) is 12.9. The fourth-order valence-corrected chi connectivity index (χ4v) is 9.66. The Morgan fingerprint density at radius 1 is 0.353 bits per heavy atom. The molecule has 0 saturated carbocycles. The van der Waals surface area contributed by atoms with Gasteiger partial charge < -0.3 is 13.6 Å². The molecule has 0 aromatic heterocycles. The van der Waals surface area contributed by atoms with Crippen molar-refractivity contribution in [1.29, 1.82) is 0 Å². The van der Waals surface area contributed by atoms with Crippen LogP contribution in [0.15, 0.2) is 0 Å². The molecule has 51 heavy (non-hydrogen) atoms. The van der Waals surface area contributed by atoms with Gasteiger partial charge in [0.05, 0.1) is 0 Å². The van der Waals surface area contributed by atoms with Crippen LogP contribution in [0.25, 0.3) is 0 Å². The summed E-state index contributed by atoms with van der Waals surface area (Å²) < 4.78 is 18.6. The zero-order chi connectivity index (χ0) is 37.0. The Labute approximate surface area is 330 Å². The van der Waals surface area contributed by atoms with Crippen molar-refractivity contribution in [3.05, 3.63) is 0 Å². The summed E-state index contributed by atoms with van der Waals surface area (Å²) in [5.41, 5.74) is 0. The predicted molar refractivity (Wildman–Crippen MR) is 235 cm³/mol. The second kappa shape index (κ2) is 46.6. The average molecular weight is 757 g/mol. The standard InChI is InChI=1S/C46H96O3SSi/c1-4-6-8-10-12-14-16-17-18-22-26-30-34-38-42-48-51(45-46(3)44-50)49-43-39-35-31-27-23-20-19-21-25-29-33-37-41-47-40-36-32-28-24-15-13-11-9-7-5-2/h46,50-51H,4-45H2,1-3H3. The van der Waals surface area contributed by atoms with Crippen LogP contribution in [0.1, 0.15) is 252 Å². The first kappa shape index (κ1) is 51.4. The smallest absolute Gasteiger partial charge is 0.321 e. The van der Waals surface area contributed by atoms with E-state index in [1.165, 1.54) is 231 Å². The number of ether oxygens (including phenoxy) is 1. The maximum Gasteiger partial charge on any atom is 0.321 e. The molecule has 2 atom stereocenters. The highest BCUT2D eigenvalue weighted by Crippen LogP contribution is 2.16. The van der Waals surface area contributed by atoms with E-state index < -0.39 is 9.28 Å². The molecule has 0 heterocycles. The summed E-state index contributed by atoms with van der Waals surface area (Å²) in [7, 11) is -1.56. The molecule has 0 aromatic rings. The monoisotopic (exact) mass is 757 g/mol. The van der Waals surface area contributed by atoms with E-state index in [1.807, 2.05) is 0 Å². The van der Waals surface area contributed by atoms with Crippen molar-refractivity contribution >= 4 is 21.9 Å². The third-order valence-electron chi connectivity index (χ3n) is 10.8. The van der Waals surface area contributed by atoms with E-state index in [1.54, 1.807) is 0 Å². The van der Waals surface area contributed by atoms with E-state index in [4.69, 9.17) is 13.6 Å². The zero-order valence-corrected chi connectivity index (χ0v) is 37.6. The van der Waals surface area contributed by atoms with E-state index in [2.05, 4.69) is 33.4 Å². The highest BCUT2D eigenvalue weighted by molar-refractivity contribution is 7.80. The molecule has 0 amide bonds. The van der Waals surface area contributed by atoms with Gasteiger partial charge in [0.1, 0.15) is 0 Å². The summed E-state index contributed by atoms with van der Waals surface area (Å²) in [6.07, 6.45) is 50.0. The van der Waals surface area contributed by atoms with Crippen molar-refractivity contribution in [2.24, 2.45) is 5.92 Å². The van der Waals surface area contributed by atoms with Crippen molar-refractivity contribution in [1.82, 2.24) is 0 Å². The Balaban J connectivity index is 3.45. The van der Waals surface area contributed by atoms with E-state index >= 15 is 0 Å². The molecule has 3 nitrogen and oxygen atoms in total. The van der Waals surface area contributed by atoms with Gasteiger partial charge in [-0.25, -0.2) is 0 Å². The second-order valence-corrected chi connectivity index (χ2v) is 18.7. The topological polar surface area (TPSA) is 27.7 Å². The molecule has 0 saturated heterocycles. The third-order valence-corrected chi connectivity index (χ3v) is 13.9. The summed E-state index contributed by atoms with van der Waals surface area (Å²) in [6, 6.07) is 1.11. The highest BCUT2D eigenvalue weighted by Gasteiger charge is 2.17. The van der Waals surface area contributed by atoms with Crippen molar-refractivity contribution in [2.75, 3.05) is 32.2 Å². The van der Waals surface area contributed by atoms with Crippen molar-refractivity contribution in [3.63, 3.8) is 0 Å². The molecule has 5 heteroatoms. The van der Waals surface area contributed by atoms with Gasteiger partial charge in [0.15, 0.2) is 0 Å². The van der Waals surface area contributed by atoms with Crippen LogP contribution in [0.4, 0.5) is 0 Å². The number of hydrogen-bond donors (Lipinski definition) is 1. The van der Waals surface area contributed by atoms with Gasteiger partial charge in [0, 0.05) is 26.4 Å². The van der Waals surface area contributed by atoms with Gasteiger partial charge in [-0.2, -0.15) is 12.6 Å². The molecule has 0 bridgehead atoms. The molecule has 0 radical (unpaired) electrons. The van der Waals surface area contributed by atoms with Gasteiger partial charge in [-0.1, -0.05) is 226 Å². The molecular formula is C46H96O3SSi. The quantitative estimate of drug-likeness (QED) is 0.0381. The molecule has 0 rings (SSSR count). The minimum atomic E-state index is -1.56. The summed E-state index contributed by atoms with van der Waals surface area (Å²) in [5.74, 6) is 1.53. The number of rotatable bonds is 46. The van der Waals surface area contributed by atoms with Gasteiger partial charge in [0.25, 0.3) is 0 Å².